The first-order valence-electron chi connectivity index (χ1n) is 5.28. The monoisotopic (exact) mass is 309 g/mol. The third kappa shape index (κ3) is 2.82. The van der Waals surface area contributed by atoms with Gasteiger partial charge in [-0.05, 0) is 36.2 Å². The van der Waals surface area contributed by atoms with Gasteiger partial charge in [0.25, 0.3) is 0 Å². The second kappa shape index (κ2) is 5.10. The van der Waals surface area contributed by atoms with Crippen LogP contribution in [0.25, 0.3) is 0 Å². The summed E-state index contributed by atoms with van der Waals surface area (Å²) in [4.78, 5) is 12.6. The van der Waals surface area contributed by atoms with Crippen LogP contribution in [0.4, 0.5) is 0 Å². The third-order valence-electron chi connectivity index (χ3n) is 2.61. The lowest BCUT2D eigenvalue weighted by Crippen LogP contribution is -1.99. The molecule has 2 aromatic rings. The zero-order chi connectivity index (χ0) is 12.4. The van der Waals surface area contributed by atoms with E-state index >= 15 is 0 Å². The van der Waals surface area contributed by atoms with E-state index in [4.69, 9.17) is 0 Å². The molecule has 2 nitrogen and oxygen atoms in total. The SMILES string of the molecule is CC(=O)c1nsc(C)c1Cc1ccc(Br)cc1. The second-order valence-electron chi connectivity index (χ2n) is 3.93. The fourth-order valence-corrected chi connectivity index (χ4v) is 2.69. The summed E-state index contributed by atoms with van der Waals surface area (Å²) in [5, 5.41) is 0. The van der Waals surface area contributed by atoms with Crippen LogP contribution in [0.15, 0.2) is 28.7 Å². The molecule has 0 unspecified atom stereocenters. The minimum absolute atomic E-state index is 0.0430. The topological polar surface area (TPSA) is 30.0 Å². The van der Waals surface area contributed by atoms with Crippen molar-refractivity contribution in [1.82, 2.24) is 4.37 Å². The van der Waals surface area contributed by atoms with E-state index in [1.54, 1.807) is 6.92 Å². The number of Topliss-reactive ketones (excluding diaryl/α,β-unsaturated/α-hetero) is 1. The average Bonchev–Trinajstić information content (AvgIpc) is 2.64. The number of benzene rings is 1. The molecular weight excluding hydrogens is 298 g/mol. The Bertz CT molecular complexity index is 545. The van der Waals surface area contributed by atoms with Crippen LogP contribution >= 0.6 is 27.5 Å². The number of aromatic nitrogens is 1. The summed E-state index contributed by atoms with van der Waals surface area (Å²) in [7, 11) is 0. The number of hydrogen-bond acceptors (Lipinski definition) is 3. The maximum absolute atomic E-state index is 11.5. The molecule has 0 spiro atoms. The van der Waals surface area contributed by atoms with Gasteiger partial charge in [-0.25, -0.2) is 0 Å². The maximum atomic E-state index is 11.5. The van der Waals surface area contributed by atoms with Crippen LogP contribution in [0.5, 0.6) is 0 Å². The first-order chi connectivity index (χ1) is 8.08. The van der Waals surface area contributed by atoms with Gasteiger partial charge in [-0.15, -0.1) is 0 Å². The molecular formula is C13H12BrNOS. The second-order valence-corrected chi connectivity index (χ2v) is 5.82. The lowest BCUT2D eigenvalue weighted by molar-refractivity contribution is 0.101. The summed E-state index contributed by atoms with van der Waals surface area (Å²) in [5.74, 6) is 0.0430. The molecule has 0 radical (unpaired) electrons. The highest BCUT2D eigenvalue weighted by Crippen LogP contribution is 2.22. The van der Waals surface area contributed by atoms with E-state index in [1.165, 1.54) is 17.1 Å². The zero-order valence-corrected chi connectivity index (χ0v) is 12.1. The van der Waals surface area contributed by atoms with Crippen molar-refractivity contribution < 1.29 is 4.79 Å². The standard InChI is InChI=1S/C13H12BrNOS/c1-8(16)13-12(9(2)17-15-13)7-10-3-5-11(14)6-4-10/h3-6H,7H2,1-2H3. The van der Waals surface area contributed by atoms with E-state index in [1.807, 2.05) is 19.1 Å². The number of ketones is 1. The number of carbonyl (C=O) groups excluding carboxylic acids is 1. The molecule has 88 valence electrons. The largest absolute Gasteiger partial charge is 0.293 e. The van der Waals surface area contributed by atoms with Gasteiger partial charge in [0.1, 0.15) is 5.69 Å². The summed E-state index contributed by atoms with van der Waals surface area (Å²) < 4.78 is 5.27. The van der Waals surface area contributed by atoms with Gasteiger partial charge >= 0.3 is 0 Å². The minimum atomic E-state index is 0.0430. The Labute approximate surface area is 113 Å². The fourth-order valence-electron chi connectivity index (χ4n) is 1.68. The van der Waals surface area contributed by atoms with Crippen molar-refractivity contribution in [1.29, 1.82) is 0 Å². The first kappa shape index (κ1) is 12.5. The molecule has 0 saturated carbocycles. The van der Waals surface area contributed by atoms with E-state index in [2.05, 4.69) is 32.4 Å². The van der Waals surface area contributed by atoms with E-state index in [0.29, 0.717) is 5.69 Å². The molecule has 0 aliphatic heterocycles. The molecule has 0 atom stereocenters. The molecule has 0 amide bonds. The number of hydrogen-bond donors (Lipinski definition) is 0. The predicted molar refractivity (Wildman–Crippen MR) is 73.8 cm³/mol. The van der Waals surface area contributed by atoms with Crippen molar-refractivity contribution in [3.8, 4) is 0 Å². The summed E-state index contributed by atoms with van der Waals surface area (Å²) >= 11 is 4.81. The highest BCUT2D eigenvalue weighted by atomic mass is 79.9. The molecule has 0 aliphatic rings. The number of carbonyl (C=O) groups is 1. The number of nitrogens with zero attached hydrogens (tertiary/aromatic N) is 1. The Morgan fingerprint density at radius 3 is 2.59 bits per heavy atom. The number of halogens is 1. The molecule has 0 bridgehead atoms. The van der Waals surface area contributed by atoms with Crippen molar-refractivity contribution in [3.63, 3.8) is 0 Å². The Kier molecular flexibility index (Phi) is 3.74. The zero-order valence-electron chi connectivity index (χ0n) is 9.66. The molecule has 0 N–H and O–H groups in total. The van der Waals surface area contributed by atoms with Crippen LogP contribution in [0.2, 0.25) is 0 Å². The molecule has 0 fully saturated rings. The summed E-state index contributed by atoms with van der Waals surface area (Å²) in [5.41, 5.74) is 2.87. The highest BCUT2D eigenvalue weighted by molar-refractivity contribution is 9.10. The van der Waals surface area contributed by atoms with Crippen LogP contribution in [0, 0.1) is 6.92 Å². The molecule has 1 heterocycles. The van der Waals surface area contributed by atoms with Crippen LogP contribution < -0.4 is 0 Å². The van der Waals surface area contributed by atoms with E-state index in [9.17, 15) is 4.79 Å². The summed E-state index contributed by atoms with van der Waals surface area (Å²) in [6.45, 7) is 3.58. The first-order valence-corrected chi connectivity index (χ1v) is 6.85. The molecule has 2 rings (SSSR count). The smallest absolute Gasteiger partial charge is 0.179 e. The normalized spacial score (nSPS) is 10.5. The van der Waals surface area contributed by atoms with Gasteiger partial charge in [-0.1, -0.05) is 28.1 Å². The Balaban J connectivity index is 2.32. The van der Waals surface area contributed by atoms with E-state index in [0.717, 1.165) is 21.3 Å². The highest BCUT2D eigenvalue weighted by Gasteiger charge is 2.14. The van der Waals surface area contributed by atoms with Gasteiger partial charge in [0.05, 0.1) is 0 Å². The molecule has 4 heteroatoms. The van der Waals surface area contributed by atoms with Crippen molar-refractivity contribution >= 4 is 33.2 Å². The van der Waals surface area contributed by atoms with Gasteiger partial charge in [0, 0.05) is 28.3 Å². The predicted octanol–water partition coefficient (Wildman–Crippen LogP) is 4.01. The number of aryl methyl sites for hydroxylation is 1. The Hall–Kier alpha value is -1.00. The van der Waals surface area contributed by atoms with Crippen molar-refractivity contribution in [2.75, 3.05) is 0 Å². The molecule has 0 aliphatic carbocycles. The van der Waals surface area contributed by atoms with Gasteiger partial charge < -0.3 is 0 Å². The van der Waals surface area contributed by atoms with Crippen molar-refractivity contribution in [3.05, 3.63) is 50.4 Å². The lowest BCUT2D eigenvalue weighted by atomic mass is 10.0. The van der Waals surface area contributed by atoms with Gasteiger partial charge in [0.2, 0.25) is 0 Å². The van der Waals surface area contributed by atoms with E-state index in [-0.39, 0.29) is 5.78 Å². The quantitative estimate of drug-likeness (QED) is 0.802. The van der Waals surface area contributed by atoms with Crippen LogP contribution in [-0.2, 0) is 6.42 Å². The molecule has 17 heavy (non-hydrogen) atoms. The average molecular weight is 310 g/mol. The van der Waals surface area contributed by atoms with Crippen LogP contribution in [0.3, 0.4) is 0 Å². The van der Waals surface area contributed by atoms with Gasteiger partial charge in [0.15, 0.2) is 5.78 Å². The van der Waals surface area contributed by atoms with Gasteiger partial charge in [-0.2, -0.15) is 4.37 Å². The number of rotatable bonds is 3. The molecule has 1 aromatic carbocycles. The minimum Gasteiger partial charge on any atom is -0.293 e. The summed E-state index contributed by atoms with van der Waals surface area (Å²) in [6.07, 6.45) is 0.768. The molecule has 0 saturated heterocycles. The Morgan fingerprint density at radius 1 is 1.35 bits per heavy atom. The lowest BCUT2D eigenvalue weighted by Gasteiger charge is -2.03. The fraction of sp³-hybridized carbons (Fsp3) is 0.231. The van der Waals surface area contributed by atoms with Crippen LogP contribution in [-0.4, -0.2) is 10.2 Å². The van der Waals surface area contributed by atoms with E-state index < -0.39 is 0 Å². The van der Waals surface area contributed by atoms with Crippen molar-refractivity contribution in [2.45, 2.75) is 20.3 Å². The summed E-state index contributed by atoms with van der Waals surface area (Å²) in [6, 6.07) is 8.14. The Morgan fingerprint density at radius 2 is 2.00 bits per heavy atom. The maximum Gasteiger partial charge on any atom is 0.179 e. The molecule has 1 aromatic heterocycles. The van der Waals surface area contributed by atoms with Gasteiger partial charge in [-0.3, -0.25) is 4.79 Å². The van der Waals surface area contributed by atoms with Crippen LogP contribution in [0.1, 0.15) is 33.4 Å². The third-order valence-corrected chi connectivity index (χ3v) is 3.94. The van der Waals surface area contributed by atoms with Crippen molar-refractivity contribution in [2.24, 2.45) is 0 Å².